The standard InChI is InChI=1S/C15H23N3O/c1-3-18(13-7-5-4-6-8-13)11-15(17-2,14(16)19)12-9-10-12/h4-8,12,17H,3,9-11H2,1-2H3,(H2,16,19). The summed E-state index contributed by atoms with van der Waals surface area (Å²) < 4.78 is 0. The molecule has 1 aliphatic rings. The molecule has 0 heterocycles. The Morgan fingerprint density at radius 3 is 2.47 bits per heavy atom. The first-order valence-electron chi connectivity index (χ1n) is 6.93. The van der Waals surface area contributed by atoms with Crippen LogP contribution in [0.15, 0.2) is 30.3 Å². The number of nitrogens with zero attached hydrogens (tertiary/aromatic N) is 1. The van der Waals surface area contributed by atoms with Crippen molar-refractivity contribution in [1.29, 1.82) is 0 Å². The van der Waals surface area contributed by atoms with E-state index in [0.29, 0.717) is 12.5 Å². The van der Waals surface area contributed by atoms with E-state index >= 15 is 0 Å². The van der Waals surface area contributed by atoms with Gasteiger partial charge in [0.15, 0.2) is 0 Å². The van der Waals surface area contributed by atoms with E-state index in [-0.39, 0.29) is 5.91 Å². The summed E-state index contributed by atoms with van der Waals surface area (Å²) in [4.78, 5) is 14.2. The largest absolute Gasteiger partial charge is 0.369 e. The lowest BCUT2D eigenvalue weighted by molar-refractivity contribution is -0.124. The van der Waals surface area contributed by atoms with Gasteiger partial charge >= 0.3 is 0 Å². The van der Waals surface area contributed by atoms with Crippen molar-refractivity contribution in [2.24, 2.45) is 11.7 Å². The molecule has 0 spiro atoms. The van der Waals surface area contributed by atoms with Gasteiger partial charge in [0, 0.05) is 18.8 Å². The summed E-state index contributed by atoms with van der Waals surface area (Å²) in [6.07, 6.45) is 2.16. The van der Waals surface area contributed by atoms with Crippen LogP contribution in [0.25, 0.3) is 0 Å². The van der Waals surface area contributed by atoms with Crippen LogP contribution in [-0.2, 0) is 4.79 Å². The molecule has 1 amide bonds. The van der Waals surface area contributed by atoms with Gasteiger partial charge < -0.3 is 16.0 Å². The molecule has 1 aromatic carbocycles. The topological polar surface area (TPSA) is 58.4 Å². The number of rotatable bonds is 7. The van der Waals surface area contributed by atoms with Crippen molar-refractivity contribution in [3.05, 3.63) is 30.3 Å². The van der Waals surface area contributed by atoms with E-state index in [0.717, 1.165) is 25.1 Å². The van der Waals surface area contributed by atoms with Crippen LogP contribution in [0.2, 0.25) is 0 Å². The van der Waals surface area contributed by atoms with Crippen molar-refractivity contribution in [1.82, 2.24) is 5.32 Å². The van der Waals surface area contributed by atoms with Crippen molar-refractivity contribution in [3.8, 4) is 0 Å². The van der Waals surface area contributed by atoms with Gasteiger partial charge in [-0.2, -0.15) is 0 Å². The first-order chi connectivity index (χ1) is 9.14. The van der Waals surface area contributed by atoms with Gasteiger partial charge in [-0.05, 0) is 44.9 Å². The zero-order valence-electron chi connectivity index (χ0n) is 11.7. The zero-order valence-corrected chi connectivity index (χ0v) is 11.7. The van der Waals surface area contributed by atoms with E-state index in [4.69, 9.17) is 5.73 Å². The molecule has 4 nitrogen and oxygen atoms in total. The summed E-state index contributed by atoms with van der Waals surface area (Å²) in [5, 5.41) is 3.20. The number of carbonyl (C=O) groups excluding carboxylic acids is 1. The molecular formula is C15H23N3O. The Morgan fingerprint density at radius 1 is 1.42 bits per heavy atom. The first-order valence-corrected chi connectivity index (χ1v) is 6.93. The summed E-state index contributed by atoms with van der Waals surface area (Å²) in [5.41, 5.74) is 6.20. The number of nitrogens with one attached hydrogen (secondary N) is 1. The molecule has 104 valence electrons. The second-order valence-corrected chi connectivity index (χ2v) is 5.21. The van der Waals surface area contributed by atoms with Crippen molar-refractivity contribution in [2.45, 2.75) is 25.3 Å². The lowest BCUT2D eigenvalue weighted by Gasteiger charge is -2.37. The molecule has 1 atom stereocenters. The Bertz CT molecular complexity index is 430. The number of likely N-dealkylation sites (N-methyl/N-ethyl adjacent to an activating group) is 2. The summed E-state index contributed by atoms with van der Waals surface area (Å²) in [6.45, 7) is 3.58. The third kappa shape index (κ3) is 2.73. The van der Waals surface area contributed by atoms with Crippen LogP contribution in [0.1, 0.15) is 19.8 Å². The highest BCUT2D eigenvalue weighted by molar-refractivity contribution is 5.86. The van der Waals surface area contributed by atoms with E-state index in [1.165, 1.54) is 0 Å². The Labute approximate surface area is 115 Å². The average Bonchev–Trinajstić information content (AvgIpc) is 3.26. The smallest absolute Gasteiger partial charge is 0.239 e. The predicted octanol–water partition coefficient (Wildman–Crippen LogP) is 1.37. The third-order valence-electron chi connectivity index (χ3n) is 4.10. The summed E-state index contributed by atoms with van der Waals surface area (Å²) >= 11 is 0. The highest BCUT2D eigenvalue weighted by atomic mass is 16.1. The second-order valence-electron chi connectivity index (χ2n) is 5.21. The Hall–Kier alpha value is -1.55. The van der Waals surface area contributed by atoms with E-state index in [1.807, 2.05) is 25.2 Å². The fraction of sp³-hybridized carbons (Fsp3) is 0.533. The van der Waals surface area contributed by atoms with E-state index in [1.54, 1.807) is 0 Å². The van der Waals surface area contributed by atoms with Crippen LogP contribution in [0.3, 0.4) is 0 Å². The molecule has 4 heteroatoms. The number of anilines is 1. The SMILES string of the molecule is CCN(CC(NC)(C(N)=O)C1CC1)c1ccccc1. The highest BCUT2D eigenvalue weighted by Crippen LogP contribution is 2.40. The van der Waals surface area contributed by atoms with E-state index in [9.17, 15) is 4.79 Å². The van der Waals surface area contributed by atoms with Gasteiger partial charge in [0.2, 0.25) is 5.91 Å². The minimum absolute atomic E-state index is 0.244. The molecule has 3 N–H and O–H groups in total. The number of primary amides is 1. The summed E-state index contributed by atoms with van der Waals surface area (Å²) in [5.74, 6) is 0.125. The van der Waals surface area contributed by atoms with Gasteiger partial charge in [-0.25, -0.2) is 0 Å². The maximum atomic E-state index is 11.9. The zero-order chi connectivity index (χ0) is 13.9. The number of amides is 1. The van der Waals surface area contributed by atoms with Gasteiger partial charge in [-0.15, -0.1) is 0 Å². The molecule has 1 aliphatic carbocycles. The Kier molecular flexibility index (Phi) is 4.10. The molecule has 1 saturated carbocycles. The van der Waals surface area contributed by atoms with Crippen molar-refractivity contribution >= 4 is 11.6 Å². The van der Waals surface area contributed by atoms with E-state index < -0.39 is 5.54 Å². The maximum Gasteiger partial charge on any atom is 0.239 e. The first kappa shape index (κ1) is 13.9. The van der Waals surface area contributed by atoms with Crippen molar-refractivity contribution in [2.75, 3.05) is 25.0 Å². The molecule has 1 aromatic rings. The van der Waals surface area contributed by atoms with Crippen molar-refractivity contribution < 1.29 is 4.79 Å². The minimum Gasteiger partial charge on any atom is -0.369 e. The monoisotopic (exact) mass is 261 g/mol. The molecule has 0 aliphatic heterocycles. The molecule has 0 bridgehead atoms. The number of hydrogen-bond donors (Lipinski definition) is 2. The fourth-order valence-corrected chi connectivity index (χ4v) is 2.72. The van der Waals surface area contributed by atoms with Crippen LogP contribution in [0.5, 0.6) is 0 Å². The van der Waals surface area contributed by atoms with Crippen LogP contribution in [0.4, 0.5) is 5.69 Å². The van der Waals surface area contributed by atoms with Gasteiger partial charge in [0.1, 0.15) is 5.54 Å². The quantitative estimate of drug-likeness (QED) is 0.779. The van der Waals surface area contributed by atoms with Crippen LogP contribution in [-0.4, -0.2) is 31.6 Å². The molecular weight excluding hydrogens is 238 g/mol. The molecule has 0 saturated heterocycles. The van der Waals surface area contributed by atoms with Gasteiger partial charge in [-0.3, -0.25) is 4.79 Å². The Morgan fingerprint density at radius 2 is 2.05 bits per heavy atom. The molecule has 2 rings (SSSR count). The van der Waals surface area contributed by atoms with Gasteiger partial charge in [-0.1, -0.05) is 18.2 Å². The summed E-state index contributed by atoms with van der Waals surface area (Å²) in [7, 11) is 1.84. The fourth-order valence-electron chi connectivity index (χ4n) is 2.72. The maximum absolute atomic E-state index is 11.9. The molecule has 1 fully saturated rings. The number of hydrogen-bond acceptors (Lipinski definition) is 3. The normalized spacial score (nSPS) is 17.8. The molecule has 0 radical (unpaired) electrons. The summed E-state index contributed by atoms with van der Waals surface area (Å²) in [6, 6.07) is 10.2. The van der Waals surface area contributed by atoms with Crippen LogP contribution in [0, 0.1) is 5.92 Å². The lowest BCUT2D eigenvalue weighted by Crippen LogP contribution is -2.62. The predicted molar refractivity (Wildman–Crippen MR) is 78.0 cm³/mol. The number of benzene rings is 1. The average molecular weight is 261 g/mol. The molecule has 1 unspecified atom stereocenters. The van der Waals surface area contributed by atoms with E-state index in [2.05, 4.69) is 29.3 Å². The Balaban J connectivity index is 2.22. The lowest BCUT2D eigenvalue weighted by atomic mass is 9.91. The molecule has 0 aromatic heterocycles. The minimum atomic E-state index is -0.605. The number of para-hydroxylation sites is 1. The second kappa shape index (κ2) is 5.61. The highest BCUT2D eigenvalue weighted by Gasteiger charge is 2.49. The van der Waals surface area contributed by atoms with Crippen LogP contribution < -0.4 is 16.0 Å². The van der Waals surface area contributed by atoms with Crippen LogP contribution >= 0.6 is 0 Å². The number of nitrogens with two attached hydrogens (primary N) is 1. The number of carbonyl (C=O) groups is 1. The van der Waals surface area contributed by atoms with Crippen molar-refractivity contribution in [3.63, 3.8) is 0 Å². The van der Waals surface area contributed by atoms with Gasteiger partial charge in [0.05, 0.1) is 0 Å². The third-order valence-corrected chi connectivity index (χ3v) is 4.10. The molecule has 19 heavy (non-hydrogen) atoms. The van der Waals surface area contributed by atoms with Gasteiger partial charge in [0.25, 0.3) is 0 Å².